The molecule has 0 fully saturated rings. The molecule has 5 heteroatoms. The molecule has 0 spiro atoms. The second kappa shape index (κ2) is 8.11. The number of nitrogens with zero attached hydrogens (tertiary/aromatic N) is 2. The molecule has 0 saturated carbocycles. The number of nitrogens with one attached hydrogen (secondary N) is 2. The second-order valence-corrected chi connectivity index (χ2v) is 6.92. The van der Waals surface area contributed by atoms with E-state index in [0.717, 1.165) is 29.6 Å². The Morgan fingerprint density at radius 2 is 1.96 bits per heavy atom. The zero-order valence-corrected chi connectivity index (χ0v) is 15.4. The zero-order chi connectivity index (χ0) is 16.8. The molecule has 0 aliphatic carbocycles. The first-order valence-corrected chi connectivity index (χ1v) is 8.84. The van der Waals surface area contributed by atoms with Crippen LogP contribution in [0.2, 0.25) is 0 Å². The Hall–Kier alpha value is -1.88. The standard InChI is InChI=1S/C18H26N4S/c1-6-15-7-9-16(10-8-15)12(2)22-18(19-5)20-11-17-13(3)21-14(4)23-17/h7-10,12H,6,11H2,1-5H3,(H2,19,20,22). The van der Waals surface area contributed by atoms with Gasteiger partial charge < -0.3 is 10.6 Å². The average molecular weight is 331 g/mol. The lowest BCUT2D eigenvalue weighted by Gasteiger charge is -2.18. The minimum absolute atomic E-state index is 0.205. The van der Waals surface area contributed by atoms with E-state index in [1.807, 2.05) is 6.92 Å². The number of aromatic nitrogens is 1. The SMILES string of the molecule is CCc1ccc(C(C)NC(=NC)NCc2sc(C)nc2C)cc1. The average Bonchev–Trinajstić information content (AvgIpc) is 2.88. The van der Waals surface area contributed by atoms with Crippen LogP contribution in [0, 0.1) is 13.8 Å². The van der Waals surface area contributed by atoms with Crippen molar-refractivity contribution in [3.8, 4) is 0 Å². The molecule has 1 heterocycles. The molecule has 124 valence electrons. The number of rotatable bonds is 5. The van der Waals surface area contributed by atoms with Crippen LogP contribution in [-0.2, 0) is 13.0 Å². The Morgan fingerprint density at radius 3 is 2.48 bits per heavy atom. The molecule has 1 unspecified atom stereocenters. The van der Waals surface area contributed by atoms with Crippen LogP contribution in [0.3, 0.4) is 0 Å². The molecule has 23 heavy (non-hydrogen) atoms. The molecule has 0 radical (unpaired) electrons. The van der Waals surface area contributed by atoms with E-state index in [0.29, 0.717) is 0 Å². The van der Waals surface area contributed by atoms with Crippen LogP contribution in [0.5, 0.6) is 0 Å². The molecule has 2 rings (SSSR count). The molecule has 4 nitrogen and oxygen atoms in total. The van der Waals surface area contributed by atoms with Gasteiger partial charge in [0, 0.05) is 11.9 Å². The van der Waals surface area contributed by atoms with Gasteiger partial charge in [-0.3, -0.25) is 4.99 Å². The van der Waals surface area contributed by atoms with Gasteiger partial charge in [-0.1, -0.05) is 31.2 Å². The fraction of sp³-hybridized carbons (Fsp3) is 0.444. The molecular formula is C18H26N4S. The van der Waals surface area contributed by atoms with Gasteiger partial charge >= 0.3 is 0 Å². The van der Waals surface area contributed by atoms with Crippen LogP contribution < -0.4 is 10.6 Å². The normalized spacial score (nSPS) is 13.0. The summed E-state index contributed by atoms with van der Waals surface area (Å²) in [5.74, 6) is 0.808. The molecule has 1 atom stereocenters. The highest BCUT2D eigenvalue weighted by atomic mass is 32.1. The maximum atomic E-state index is 4.46. The molecule has 2 N–H and O–H groups in total. The fourth-order valence-corrected chi connectivity index (χ4v) is 3.30. The topological polar surface area (TPSA) is 49.3 Å². The zero-order valence-electron chi connectivity index (χ0n) is 14.6. The van der Waals surface area contributed by atoms with Crippen molar-refractivity contribution in [1.82, 2.24) is 15.6 Å². The minimum atomic E-state index is 0.205. The van der Waals surface area contributed by atoms with Crippen molar-refractivity contribution in [3.05, 3.63) is 51.0 Å². The van der Waals surface area contributed by atoms with E-state index < -0.39 is 0 Å². The number of hydrogen-bond acceptors (Lipinski definition) is 3. The summed E-state index contributed by atoms with van der Waals surface area (Å²) in [5, 5.41) is 7.92. The van der Waals surface area contributed by atoms with E-state index in [1.165, 1.54) is 16.0 Å². The van der Waals surface area contributed by atoms with Crippen LogP contribution in [0.1, 0.15) is 46.6 Å². The number of thiazole rings is 1. The highest BCUT2D eigenvalue weighted by Gasteiger charge is 2.09. The number of hydrogen-bond donors (Lipinski definition) is 2. The summed E-state index contributed by atoms with van der Waals surface area (Å²) in [4.78, 5) is 10.0. The van der Waals surface area contributed by atoms with Crippen LogP contribution >= 0.6 is 11.3 Å². The van der Waals surface area contributed by atoms with Crippen molar-refractivity contribution >= 4 is 17.3 Å². The van der Waals surface area contributed by atoms with E-state index in [-0.39, 0.29) is 6.04 Å². The van der Waals surface area contributed by atoms with Gasteiger partial charge in [0.25, 0.3) is 0 Å². The summed E-state index contributed by atoms with van der Waals surface area (Å²) in [6, 6.07) is 8.94. The van der Waals surface area contributed by atoms with Gasteiger partial charge in [0.15, 0.2) is 5.96 Å². The molecule has 1 aromatic carbocycles. The van der Waals surface area contributed by atoms with Crippen LogP contribution in [0.4, 0.5) is 0 Å². The molecule has 0 aliphatic rings. The Balaban J connectivity index is 1.94. The summed E-state index contributed by atoms with van der Waals surface area (Å²) >= 11 is 1.73. The predicted octanol–water partition coefficient (Wildman–Crippen LogP) is 3.75. The largest absolute Gasteiger partial charge is 0.351 e. The van der Waals surface area contributed by atoms with Gasteiger partial charge in [0.1, 0.15) is 0 Å². The fourth-order valence-electron chi connectivity index (χ4n) is 2.43. The smallest absolute Gasteiger partial charge is 0.191 e. The Morgan fingerprint density at radius 1 is 1.26 bits per heavy atom. The highest BCUT2D eigenvalue weighted by molar-refractivity contribution is 7.11. The molecule has 0 amide bonds. The lowest BCUT2D eigenvalue weighted by Crippen LogP contribution is -2.38. The van der Waals surface area contributed by atoms with E-state index >= 15 is 0 Å². The summed E-state index contributed by atoms with van der Waals surface area (Å²) < 4.78 is 0. The first-order valence-electron chi connectivity index (χ1n) is 8.02. The number of aryl methyl sites for hydroxylation is 3. The van der Waals surface area contributed by atoms with Crippen molar-refractivity contribution < 1.29 is 0 Å². The third kappa shape index (κ3) is 4.79. The van der Waals surface area contributed by atoms with Gasteiger partial charge in [-0.2, -0.15) is 0 Å². The first kappa shape index (κ1) is 17.5. The Labute approximate surface area is 143 Å². The van der Waals surface area contributed by atoms with Crippen LogP contribution in [0.15, 0.2) is 29.3 Å². The second-order valence-electron chi connectivity index (χ2n) is 5.63. The maximum Gasteiger partial charge on any atom is 0.191 e. The quantitative estimate of drug-likeness (QED) is 0.648. The third-order valence-corrected chi connectivity index (χ3v) is 4.95. The summed E-state index contributed by atoms with van der Waals surface area (Å²) in [6.45, 7) is 9.16. The van der Waals surface area contributed by atoms with Crippen molar-refractivity contribution in [3.63, 3.8) is 0 Å². The Bertz CT molecular complexity index is 658. The monoisotopic (exact) mass is 330 g/mol. The van der Waals surface area contributed by atoms with Crippen molar-refractivity contribution in [2.75, 3.05) is 7.05 Å². The molecule has 2 aromatic rings. The van der Waals surface area contributed by atoms with Crippen LogP contribution in [0.25, 0.3) is 0 Å². The van der Waals surface area contributed by atoms with Gasteiger partial charge in [-0.15, -0.1) is 11.3 Å². The lowest BCUT2D eigenvalue weighted by atomic mass is 10.1. The van der Waals surface area contributed by atoms with E-state index in [4.69, 9.17) is 0 Å². The van der Waals surface area contributed by atoms with Gasteiger partial charge in [0.2, 0.25) is 0 Å². The molecular weight excluding hydrogens is 304 g/mol. The third-order valence-electron chi connectivity index (χ3n) is 3.88. The number of guanidine groups is 1. The summed E-state index contributed by atoms with van der Waals surface area (Å²) in [6.07, 6.45) is 1.07. The highest BCUT2D eigenvalue weighted by Crippen LogP contribution is 2.17. The maximum absolute atomic E-state index is 4.46. The number of aliphatic imine (C=N–C) groups is 1. The van der Waals surface area contributed by atoms with E-state index in [2.05, 4.69) is 65.6 Å². The van der Waals surface area contributed by atoms with Crippen molar-refractivity contribution in [2.24, 2.45) is 4.99 Å². The van der Waals surface area contributed by atoms with Crippen molar-refractivity contribution in [2.45, 2.75) is 46.7 Å². The minimum Gasteiger partial charge on any atom is -0.351 e. The summed E-state index contributed by atoms with van der Waals surface area (Å²) in [7, 11) is 1.80. The Kier molecular flexibility index (Phi) is 6.16. The van der Waals surface area contributed by atoms with Crippen LogP contribution in [-0.4, -0.2) is 18.0 Å². The molecule has 0 saturated heterocycles. The number of benzene rings is 1. The van der Waals surface area contributed by atoms with Gasteiger partial charge in [-0.05, 0) is 38.3 Å². The van der Waals surface area contributed by atoms with Crippen molar-refractivity contribution in [1.29, 1.82) is 0 Å². The molecule has 0 bridgehead atoms. The van der Waals surface area contributed by atoms with E-state index in [9.17, 15) is 0 Å². The predicted molar refractivity (Wildman–Crippen MR) is 99.2 cm³/mol. The van der Waals surface area contributed by atoms with E-state index in [1.54, 1.807) is 18.4 Å². The molecule has 0 aliphatic heterocycles. The first-order chi connectivity index (χ1) is 11.0. The molecule has 1 aromatic heterocycles. The van der Waals surface area contributed by atoms with Gasteiger partial charge in [-0.25, -0.2) is 4.98 Å². The van der Waals surface area contributed by atoms with Gasteiger partial charge in [0.05, 0.1) is 23.3 Å². The summed E-state index contributed by atoms with van der Waals surface area (Å²) in [5.41, 5.74) is 3.72. The lowest BCUT2D eigenvalue weighted by molar-refractivity contribution is 0.685.